The number of carbonyl (C=O) groups is 1. The van der Waals surface area contributed by atoms with Gasteiger partial charge in [-0.1, -0.05) is 18.2 Å². The van der Waals surface area contributed by atoms with Crippen LogP contribution in [0.4, 0.5) is 30.2 Å². The van der Waals surface area contributed by atoms with Crippen molar-refractivity contribution in [3.05, 3.63) is 71.8 Å². The number of halogens is 3. The first-order valence-corrected chi connectivity index (χ1v) is 9.41. The van der Waals surface area contributed by atoms with Crippen LogP contribution in [0.1, 0.15) is 15.9 Å². The molecule has 0 bridgehead atoms. The monoisotopic (exact) mass is 446 g/mol. The van der Waals surface area contributed by atoms with Crippen molar-refractivity contribution in [3.63, 3.8) is 0 Å². The number of methoxy groups -OCH3 is 3. The van der Waals surface area contributed by atoms with Crippen molar-refractivity contribution in [3.8, 4) is 17.2 Å². The second-order valence-corrected chi connectivity index (χ2v) is 6.62. The number of benzene rings is 3. The molecule has 0 heterocycles. The van der Waals surface area contributed by atoms with Gasteiger partial charge in [-0.2, -0.15) is 13.2 Å². The van der Waals surface area contributed by atoms with E-state index in [1.165, 1.54) is 33.5 Å². The van der Waals surface area contributed by atoms with Crippen LogP contribution >= 0.6 is 0 Å². The third kappa shape index (κ3) is 5.05. The summed E-state index contributed by atoms with van der Waals surface area (Å²) in [5, 5.41) is 5.63. The fraction of sp³-hybridized carbons (Fsp3) is 0.174. The molecule has 3 aromatic rings. The molecule has 6 nitrogen and oxygen atoms in total. The highest BCUT2D eigenvalue weighted by molar-refractivity contribution is 6.08. The molecule has 0 unspecified atom stereocenters. The summed E-state index contributed by atoms with van der Waals surface area (Å²) in [5.74, 6) is 0.615. The van der Waals surface area contributed by atoms with Crippen LogP contribution in [0.15, 0.2) is 60.7 Å². The molecule has 32 heavy (non-hydrogen) atoms. The minimum atomic E-state index is -4.47. The maximum Gasteiger partial charge on any atom is 0.416 e. The van der Waals surface area contributed by atoms with Crippen LogP contribution in [0.25, 0.3) is 0 Å². The summed E-state index contributed by atoms with van der Waals surface area (Å²) in [6.45, 7) is 0. The van der Waals surface area contributed by atoms with Gasteiger partial charge >= 0.3 is 6.18 Å². The number of para-hydroxylation sites is 1. The largest absolute Gasteiger partial charge is 0.493 e. The zero-order valence-electron chi connectivity index (χ0n) is 17.5. The Morgan fingerprint density at radius 3 is 2.06 bits per heavy atom. The second-order valence-electron chi connectivity index (χ2n) is 6.62. The Hall–Kier alpha value is -3.88. The lowest BCUT2D eigenvalue weighted by molar-refractivity contribution is -0.137. The molecule has 0 atom stereocenters. The number of carbonyl (C=O) groups excluding carboxylic acids is 1. The number of rotatable bonds is 7. The van der Waals surface area contributed by atoms with Crippen LogP contribution in [0.2, 0.25) is 0 Å². The zero-order chi connectivity index (χ0) is 23.3. The normalized spacial score (nSPS) is 10.9. The molecule has 9 heteroatoms. The fourth-order valence-corrected chi connectivity index (χ4v) is 3.07. The van der Waals surface area contributed by atoms with Gasteiger partial charge in [-0.15, -0.1) is 0 Å². The van der Waals surface area contributed by atoms with Crippen molar-refractivity contribution < 1.29 is 32.2 Å². The van der Waals surface area contributed by atoms with Crippen LogP contribution in [-0.2, 0) is 6.18 Å². The van der Waals surface area contributed by atoms with Gasteiger partial charge in [-0.25, -0.2) is 0 Å². The molecule has 0 fully saturated rings. The molecule has 0 spiro atoms. The fourth-order valence-electron chi connectivity index (χ4n) is 3.07. The SMILES string of the molecule is COc1cc(NC(=O)c2ccccc2Nc2cccc(C(F)(F)F)c2)cc(OC)c1OC. The van der Waals surface area contributed by atoms with Crippen molar-refractivity contribution >= 4 is 23.0 Å². The molecule has 1 amide bonds. The molecule has 3 rings (SSSR count). The quantitative estimate of drug-likeness (QED) is 0.485. The number of anilines is 3. The van der Waals surface area contributed by atoms with Crippen LogP contribution in [0.3, 0.4) is 0 Å². The van der Waals surface area contributed by atoms with Gasteiger partial charge in [0.25, 0.3) is 5.91 Å². The first-order valence-electron chi connectivity index (χ1n) is 9.41. The maximum absolute atomic E-state index is 13.0. The molecular formula is C23H21F3N2O4. The Balaban J connectivity index is 1.89. The molecule has 0 aliphatic carbocycles. The van der Waals surface area contributed by atoms with Gasteiger partial charge < -0.3 is 24.8 Å². The number of nitrogens with one attached hydrogen (secondary N) is 2. The van der Waals surface area contributed by atoms with E-state index in [1.807, 2.05) is 0 Å². The van der Waals surface area contributed by atoms with E-state index in [9.17, 15) is 18.0 Å². The van der Waals surface area contributed by atoms with Gasteiger partial charge in [-0.05, 0) is 30.3 Å². The smallest absolute Gasteiger partial charge is 0.416 e. The standard InChI is InChI=1S/C23H21F3N2O4/c1-30-19-12-16(13-20(31-2)21(19)32-3)28-22(29)17-9-4-5-10-18(17)27-15-8-6-7-14(11-15)23(24,25)26/h4-13,27H,1-3H3,(H,28,29). The number of amides is 1. The van der Waals surface area contributed by atoms with Crippen molar-refractivity contribution in [2.75, 3.05) is 32.0 Å². The molecule has 0 aliphatic heterocycles. The van der Waals surface area contributed by atoms with Gasteiger partial charge in [0.2, 0.25) is 5.75 Å². The lowest BCUT2D eigenvalue weighted by atomic mass is 10.1. The summed E-state index contributed by atoms with van der Waals surface area (Å²) >= 11 is 0. The first-order chi connectivity index (χ1) is 15.3. The first kappa shape index (κ1) is 22.8. The van der Waals surface area contributed by atoms with E-state index in [0.717, 1.165) is 12.1 Å². The van der Waals surface area contributed by atoms with E-state index < -0.39 is 17.6 Å². The number of hydrogen-bond acceptors (Lipinski definition) is 5. The van der Waals surface area contributed by atoms with Crippen LogP contribution in [0, 0.1) is 0 Å². The topological polar surface area (TPSA) is 68.8 Å². The van der Waals surface area contributed by atoms with E-state index in [2.05, 4.69) is 10.6 Å². The van der Waals surface area contributed by atoms with Crippen molar-refractivity contribution in [2.45, 2.75) is 6.18 Å². The summed E-state index contributed by atoms with van der Waals surface area (Å²) in [6, 6.07) is 14.4. The maximum atomic E-state index is 13.0. The number of alkyl halides is 3. The Kier molecular flexibility index (Phi) is 6.77. The van der Waals surface area contributed by atoms with Gasteiger partial charge in [0, 0.05) is 23.5 Å². The number of ether oxygens (including phenoxy) is 3. The molecule has 168 valence electrons. The van der Waals surface area contributed by atoms with Crippen LogP contribution in [-0.4, -0.2) is 27.2 Å². The molecular weight excluding hydrogens is 425 g/mol. The highest BCUT2D eigenvalue weighted by atomic mass is 19.4. The second kappa shape index (κ2) is 9.51. The Morgan fingerprint density at radius 2 is 1.47 bits per heavy atom. The van der Waals surface area contributed by atoms with E-state index in [-0.39, 0.29) is 11.3 Å². The lowest BCUT2D eigenvalue weighted by Crippen LogP contribution is -2.14. The zero-order valence-corrected chi connectivity index (χ0v) is 17.5. The Labute approximate surface area is 182 Å². The predicted octanol–water partition coefficient (Wildman–Crippen LogP) is 5.73. The molecule has 0 aromatic heterocycles. The van der Waals surface area contributed by atoms with Crippen LogP contribution in [0.5, 0.6) is 17.2 Å². The average Bonchev–Trinajstić information content (AvgIpc) is 2.78. The highest BCUT2D eigenvalue weighted by Crippen LogP contribution is 2.40. The number of hydrogen-bond donors (Lipinski definition) is 2. The minimum Gasteiger partial charge on any atom is -0.493 e. The van der Waals surface area contributed by atoms with Crippen molar-refractivity contribution in [2.24, 2.45) is 0 Å². The average molecular weight is 446 g/mol. The van der Waals surface area contributed by atoms with Gasteiger partial charge in [0.15, 0.2) is 11.5 Å². The van der Waals surface area contributed by atoms with E-state index in [1.54, 1.807) is 36.4 Å². The molecule has 3 aromatic carbocycles. The summed E-state index contributed by atoms with van der Waals surface area (Å²) in [4.78, 5) is 13.0. The molecule has 0 saturated heterocycles. The third-order valence-corrected chi connectivity index (χ3v) is 4.56. The minimum absolute atomic E-state index is 0.202. The lowest BCUT2D eigenvalue weighted by Gasteiger charge is -2.16. The van der Waals surface area contributed by atoms with E-state index >= 15 is 0 Å². The van der Waals surface area contributed by atoms with E-state index in [4.69, 9.17) is 14.2 Å². The van der Waals surface area contributed by atoms with Gasteiger partial charge in [-0.3, -0.25) is 4.79 Å². The predicted molar refractivity (Wildman–Crippen MR) is 115 cm³/mol. The van der Waals surface area contributed by atoms with E-state index in [0.29, 0.717) is 28.6 Å². The molecule has 0 saturated carbocycles. The summed E-state index contributed by atoms with van der Waals surface area (Å²) in [6.07, 6.45) is -4.47. The molecule has 0 radical (unpaired) electrons. The summed E-state index contributed by atoms with van der Waals surface area (Å²) < 4.78 is 54.9. The highest BCUT2D eigenvalue weighted by Gasteiger charge is 2.30. The molecule has 0 aliphatic rings. The van der Waals surface area contributed by atoms with Gasteiger partial charge in [0.1, 0.15) is 0 Å². The Bertz CT molecular complexity index is 1090. The third-order valence-electron chi connectivity index (χ3n) is 4.56. The van der Waals surface area contributed by atoms with Crippen molar-refractivity contribution in [1.82, 2.24) is 0 Å². The van der Waals surface area contributed by atoms with Gasteiger partial charge in [0.05, 0.1) is 38.1 Å². The summed E-state index contributed by atoms with van der Waals surface area (Å²) in [7, 11) is 4.38. The molecule has 2 N–H and O–H groups in total. The van der Waals surface area contributed by atoms with Crippen molar-refractivity contribution in [1.29, 1.82) is 0 Å². The summed E-state index contributed by atoms with van der Waals surface area (Å²) in [5.41, 5.74) is 0.378. The Morgan fingerprint density at radius 1 is 0.812 bits per heavy atom. The van der Waals surface area contributed by atoms with Crippen LogP contribution < -0.4 is 24.8 Å².